The Morgan fingerprint density at radius 3 is 2.79 bits per heavy atom. The van der Waals surface area contributed by atoms with Crippen LogP contribution in [0.25, 0.3) is 0 Å². The molecule has 0 bridgehead atoms. The van der Waals surface area contributed by atoms with Crippen molar-refractivity contribution in [2.24, 2.45) is 0 Å². The first kappa shape index (κ1) is 10.2. The largest absolute Gasteiger partial charge is 0.469 e. The summed E-state index contributed by atoms with van der Waals surface area (Å²) in [6.45, 7) is 0.441. The smallest absolute Gasteiger partial charge is 0.307 e. The average Bonchev–Trinajstić information content (AvgIpc) is 2.21. The number of hydrogen-bond donors (Lipinski definition) is 2. The zero-order valence-corrected chi connectivity index (χ0v) is 7.86. The molecular weight excluding hydrogens is 184 g/mol. The Balaban J connectivity index is 2.31. The van der Waals surface area contributed by atoms with Gasteiger partial charge < -0.3 is 15.8 Å². The fraction of sp³-hybridized carbons (Fsp3) is 0.375. The summed E-state index contributed by atoms with van der Waals surface area (Å²) >= 11 is 0. The molecular formula is C8H12N4O2. The lowest BCUT2D eigenvalue weighted by Crippen LogP contribution is -2.11. The van der Waals surface area contributed by atoms with E-state index in [4.69, 9.17) is 5.73 Å². The number of carbonyl (C=O) groups excluding carboxylic acids is 1. The van der Waals surface area contributed by atoms with Crippen molar-refractivity contribution in [1.29, 1.82) is 0 Å². The van der Waals surface area contributed by atoms with Gasteiger partial charge in [0.1, 0.15) is 0 Å². The summed E-state index contributed by atoms with van der Waals surface area (Å²) in [5.41, 5.74) is 5.90. The number of carbonyl (C=O) groups is 1. The molecule has 1 aromatic heterocycles. The fourth-order valence-electron chi connectivity index (χ4n) is 0.808. The van der Waals surface area contributed by atoms with Crippen LogP contribution < -0.4 is 11.1 Å². The maximum absolute atomic E-state index is 10.7. The lowest BCUT2D eigenvalue weighted by Gasteiger charge is -2.02. The molecule has 1 rings (SSSR count). The minimum atomic E-state index is -0.270. The molecule has 1 heterocycles. The molecule has 6 heteroatoms. The van der Waals surface area contributed by atoms with Crippen molar-refractivity contribution in [1.82, 2.24) is 9.97 Å². The molecule has 0 aromatic carbocycles. The predicted molar refractivity (Wildman–Crippen MR) is 51.6 cm³/mol. The maximum atomic E-state index is 10.7. The third-order valence-corrected chi connectivity index (χ3v) is 1.51. The van der Waals surface area contributed by atoms with E-state index in [1.54, 1.807) is 0 Å². The van der Waals surface area contributed by atoms with Gasteiger partial charge in [0.15, 0.2) is 0 Å². The van der Waals surface area contributed by atoms with Crippen LogP contribution in [0.15, 0.2) is 12.4 Å². The second kappa shape index (κ2) is 5.00. The van der Waals surface area contributed by atoms with Gasteiger partial charge >= 0.3 is 5.97 Å². The van der Waals surface area contributed by atoms with Crippen LogP contribution in [-0.2, 0) is 9.53 Å². The number of hydrogen-bond acceptors (Lipinski definition) is 6. The highest BCUT2D eigenvalue weighted by molar-refractivity contribution is 5.69. The number of ether oxygens (including phenoxy) is 1. The van der Waals surface area contributed by atoms with Gasteiger partial charge in [-0.05, 0) is 0 Å². The third kappa shape index (κ3) is 3.26. The number of nitrogens with two attached hydrogens (primary N) is 1. The average molecular weight is 196 g/mol. The zero-order valence-electron chi connectivity index (χ0n) is 7.86. The van der Waals surface area contributed by atoms with Crippen LogP contribution in [0, 0.1) is 0 Å². The normalized spacial score (nSPS) is 9.50. The van der Waals surface area contributed by atoms with Crippen LogP contribution in [0.2, 0.25) is 0 Å². The van der Waals surface area contributed by atoms with Crippen LogP contribution in [0.5, 0.6) is 0 Å². The summed E-state index contributed by atoms with van der Waals surface area (Å²) in [5.74, 6) is 0.177. The fourth-order valence-corrected chi connectivity index (χ4v) is 0.808. The van der Waals surface area contributed by atoms with Gasteiger partial charge in [-0.2, -0.15) is 0 Å². The molecule has 76 valence electrons. The molecule has 0 amide bonds. The molecule has 0 atom stereocenters. The number of nitrogen functional groups attached to an aromatic ring is 1. The summed E-state index contributed by atoms with van der Waals surface area (Å²) < 4.78 is 4.47. The topological polar surface area (TPSA) is 90.1 Å². The Kier molecular flexibility index (Phi) is 3.66. The third-order valence-electron chi connectivity index (χ3n) is 1.51. The van der Waals surface area contributed by atoms with E-state index in [-0.39, 0.29) is 12.4 Å². The highest BCUT2D eigenvalue weighted by Crippen LogP contribution is 2.00. The van der Waals surface area contributed by atoms with Crippen molar-refractivity contribution in [3.05, 3.63) is 12.4 Å². The van der Waals surface area contributed by atoms with E-state index in [2.05, 4.69) is 20.0 Å². The van der Waals surface area contributed by atoms with Crippen LogP contribution in [0.1, 0.15) is 6.42 Å². The lowest BCUT2D eigenvalue weighted by atomic mass is 10.4. The van der Waals surface area contributed by atoms with E-state index in [0.29, 0.717) is 18.2 Å². The summed E-state index contributed by atoms with van der Waals surface area (Å²) in [5, 5.41) is 2.86. The second-order valence-corrected chi connectivity index (χ2v) is 2.59. The van der Waals surface area contributed by atoms with E-state index in [1.165, 1.54) is 19.5 Å². The van der Waals surface area contributed by atoms with Crippen LogP contribution in [0.3, 0.4) is 0 Å². The summed E-state index contributed by atoms with van der Waals surface area (Å²) in [6.07, 6.45) is 3.27. The Bertz CT molecular complexity index is 299. The standard InChI is InChI=1S/C8H12N4O2/c1-14-7(13)2-3-10-8-11-4-6(9)5-12-8/h4-5H,2-3,9H2,1H3,(H,10,11,12). The van der Waals surface area contributed by atoms with Gasteiger partial charge in [0.05, 0.1) is 31.6 Å². The number of nitrogens with one attached hydrogen (secondary N) is 1. The van der Waals surface area contributed by atoms with E-state index < -0.39 is 0 Å². The molecule has 0 aliphatic rings. The Labute approximate surface area is 81.5 Å². The van der Waals surface area contributed by atoms with Crippen molar-refractivity contribution < 1.29 is 9.53 Å². The Morgan fingerprint density at radius 1 is 1.57 bits per heavy atom. The van der Waals surface area contributed by atoms with E-state index in [0.717, 1.165) is 0 Å². The number of nitrogens with zero attached hydrogens (tertiary/aromatic N) is 2. The van der Waals surface area contributed by atoms with Gasteiger partial charge in [-0.3, -0.25) is 4.79 Å². The van der Waals surface area contributed by atoms with Crippen LogP contribution >= 0.6 is 0 Å². The Morgan fingerprint density at radius 2 is 2.21 bits per heavy atom. The minimum Gasteiger partial charge on any atom is -0.469 e. The molecule has 0 saturated carbocycles. The van der Waals surface area contributed by atoms with Gasteiger partial charge in [-0.1, -0.05) is 0 Å². The number of aromatic nitrogens is 2. The molecule has 0 aliphatic carbocycles. The van der Waals surface area contributed by atoms with Crippen molar-refractivity contribution in [2.75, 3.05) is 24.7 Å². The quantitative estimate of drug-likeness (QED) is 0.660. The SMILES string of the molecule is COC(=O)CCNc1ncc(N)cn1. The van der Waals surface area contributed by atoms with Crippen LogP contribution in [0.4, 0.5) is 11.6 Å². The monoisotopic (exact) mass is 196 g/mol. The molecule has 0 saturated heterocycles. The van der Waals surface area contributed by atoms with E-state index >= 15 is 0 Å². The zero-order chi connectivity index (χ0) is 10.4. The van der Waals surface area contributed by atoms with Gasteiger partial charge in [-0.15, -0.1) is 0 Å². The highest BCUT2D eigenvalue weighted by Gasteiger charge is 2.00. The second-order valence-electron chi connectivity index (χ2n) is 2.59. The first-order valence-electron chi connectivity index (χ1n) is 4.10. The number of anilines is 2. The van der Waals surface area contributed by atoms with Crippen LogP contribution in [-0.4, -0.2) is 29.6 Å². The van der Waals surface area contributed by atoms with E-state index in [1.807, 2.05) is 0 Å². The first-order chi connectivity index (χ1) is 6.72. The maximum Gasteiger partial charge on any atom is 0.307 e. The molecule has 0 fully saturated rings. The molecule has 3 N–H and O–H groups in total. The van der Waals surface area contributed by atoms with Gasteiger partial charge in [0.2, 0.25) is 5.95 Å². The van der Waals surface area contributed by atoms with Gasteiger partial charge in [0.25, 0.3) is 0 Å². The summed E-state index contributed by atoms with van der Waals surface area (Å²) in [4.78, 5) is 18.5. The predicted octanol–water partition coefficient (Wildman–Crippen LogP) is 0.0338. The molecule has 14 heavy (non-hydrogen) atoms. The molecule has 0 radical (unpaired) electrons. The molecule has 0 spiro atoms. The minimum absolute atomic E-state index is 0.270. The molecule has 6 nitrogen and oxygen atoms in total. The molecule has 0 aliphatic heterocycles. The summed E-state index contributed by atoms with van der Waals surface area (Å²) in [6, 6.07) is 0. The number of methoxy groups -OCH3 is 1. The highest BCUT2D eigenvalue weighted by atomic mass is 16.5. The lowest BCUT2D eigenvalue weighted by molar-refractivity contribution is -0.140. The van der Waals surface area contributed by atoms with Crippen molar-refractivity contribution in [2.45, 2.75) is 6.42 Å². The van der Waals surface area contributed by atoms with Gasteiger partial charge in [0, 0.05) is 6.54 Å². The Hall–Kier alpha value is -1.85. The number of esters is 1. The molecule has 1 aromatic rings. The van der Waals surface area contributed by atoms with Crippen molar-refractivity contribution >= 4 is 17.6 Å². The van der Waals surface area contributed by atoms with Gasteiger partial charge in [-0.25, -0.2) is 9.97 Å². The van der Waals surface area contributed by atoms with E-state index in [9.17, 15) is 4.79 Å². The first-order valence-corrected chi connectivity index (χ1v) is 4.10. The van der Waals surface area contributed by atoms with Crippen molar-refractivity contribution in [3.8, 4) is 0 Å². The number of rotatable bonds is 4. The summed E-state index contributed by atoms with van der Waals surface area (Å²) in [7, 11) is 1.35. The van der Waals surface area contributed by atoms with Crippen molar-refractivity contribution in [3.63, 3.8) is 0 Å². The molecule has 0 unspecified atom stereocenters.